The van der Waals surface area contributed by atoms with Gasteiger partial charge < -0.3 is 13.9 Å². The maximum atomic E-state index is 12.8. The SMILES string of the molecule is CC(CC=CC#N)C(=O)C(C)Oc1ccc(Oc2nc3ccc(C(F)(F)F)cc3o2)cc1. The van der Waals surface area contributed by atoms with Gasteiger partial charge in [0.05, 0.1) is 11.6 Å². The summed E-state index contributed by atoms with van der Waals surface area (Å²) >= 11 is 0. The maximum absolute atomic E-state index is 12.8. The number of carbonyl (C=O) groups is 1. The molecule has 6 nitrogen and oxygen atoms in total. The van der Waals surface area contributed by atoms with Crippen molar-refractivity contribution in [3.05, 3.63) is 60.2 Å². The zero-order chi connectivity index (χ0) is 23.3. The molecule has 2 unspecified atom stereocenters. The number of allylic oxidation sites excluding steroid dienone is 2. The Labute approximate surface area is 181 Å². The van der Waals surface area contributed by atoms with Gasteiger partial charge in [-0.15, -0.1) is 0 Å². The number of carbonyl (C=O) groups excluding carboxylic acids is 1. The summed E-state index contributed by atoms with van der Waals surface area (Å²) in [6, 6.07) is 11.2. The highest BCUT2D eigenvalue weighted by Gasteiger charge is 2.31. The van der Waals surface area contributed by atoms with Crippen LogP contribution in [0.3, 0.4) is 0 Å². The average Bonchev–Trinajstić information content (AvgIpc) is 3.15. The first-order valence-corrected chi connectivity index (χ1v) is 9.68. The van der Waals surface area contributed by atoms with Crippen molar-refractivity contribution >= 4 is 16.9 Å². The molecule has 2 aromatic carbocycles. The van der Waals surface area contributed by atoms with Crippen molar-refractivity contribution in [1.82, 2.24) is 4.98 Å². The van der Waals surface area contributed by atoms with Crippen LogP contribution in [-0.2, 0) is 11.0 Å². The monoisotopic (exact) mass is 444 g/mol. The predicted molar refractivity (Wildman–Crippen MR) is 109 cm³/mol. The number of ketones is 1. The van der Waals surface area contributed by atoms with E-state index in [1.165, 1.54) is 12.1 Å². The third-order valence-corrected chi connectivity index (χ3v) is 4.61. The molecule has 0 radical (unpaired) electrons. The fourth-order valence-corrected chi connectivity index (χ4v) is 2.91. The molecule has 3 aromatic rings. The number of alkyl halides is 3. The number of rotatable bonds is 8. The van der Waals surface area contributed by atoms with E-state index < -0.39 is 17.8 Å². The number of hydrogen-bond donors (Lipinski definition) is 0. The van der Waals surface area contributed by atoms with Crippen molar-refractivity contribution in [2.45, 2.75) is 32.5 Å². The number of nitriles is 1. The van der Waals surface area contributed by atoms with Crippen molar-refractivity contribution in [2.75, 3.05) is 0 Å². The Morgan fingerprint density at radius 3 is 2.53 bits per heavy atom. The van der Waals surface area contributed by atoms with Crippen molar-refractivity contribution in [3.63, 3.8) is 0 Å². The van der Waals surface area contributed by atoms with Crippen LogP contribution in [0.4, 0.5) is 13.2 Å². The van der Waals surface area contributed by atoms with E-state index in [1.54, 1.807) is 44.2 Å². The molecular formula is C23H19F3N2O4. The summed E-state index contributed by atoms with van der Waals surface area (Å²) in [7, 11) is 0. The van der Waals surface area contributed by atoms with Crippen LogP contribution in [-0.4, -0.2) is 16.9 Å². The van der Waals surface area contributed by atoms with Gasteiger partial charge in [0.1, 0.15) is 17.0 Å². The molecular weight excluding hydrogens is 425 g/mol. The number of oxazole rings is 1. The van der Waals surface area contributed by atoms with Crippen LogP contribution in [0.2, 0.25) is 0 Å². The molecule has 0 fully saturated rings. The second-order valence-electron chi connectivity index (χ2n) is 7.06. The van der Waals surface area contributed by atoms with Gasteiger partial charge in [-0.1, -0.05) is 13.0 Å². The largest absolute Gasteiger partial charge is 0.483 e. The zero-order valence-corrected chi connectivity index (χ0v) is 17.2. The van der Waals surface area contributed by atoms with Crippen molar-refractivity contribution in [2.24, 2.45) is 5.92 Å². The van der Waals surface area contributed by atoms with E-state index in [1.807, 2.05) is 6.07 Å². The lowest BCUT2D eigenvalue weighted by atomic mass is 9.99. The van der Waals surface area contributed by atoms with E-state index in [-0.39, 0.29) is 28.9 Å². The molecule has 0 saturated carbocycles. The Kier molecular flexibility index (Phi) is 6.83. The van der Waals surface area contributed by atoms with Gasteiger partial charge in [-0.3, -0.25) is 4.79 Å². The fourth-order valence-electron chi connectivity index (χ4n) is 2.91. The predicted octanol–water partition coefficient (Wildman–Crippen LogP) is 6.08. The lowest BCUT2D eigenvalue weighted by Crippen LogP contribution is -2.28. The molecule has 166 valence electrons. The molecule has 0 bridgehead atoms. The van der Waals surface area contributed by atoms with Crippen LogP contribution in [0.25, 0.3) is 11.1 Å². The van der Waals surface area contributed by atoms with Gasteiger partial charge in [0.25, 0.3) is 0 Å². The number of hydrogen-bond acceptors (Lipinski definition) is 6. The highest BCUT2D eigenvalue weighted by atomic mass is 19.4. The molecule has 1 aromatic heterocycles. The first kappa shape index (κ1) is 22.9. The molecule has 0 aliphatic heterocycles. The summed E-state index contributed by atoms with van der Waals surface area (Å²) < 4.78 is 54.9. The van der Waals surface area contributed by atoms with Gasteiger partial charge in [-0.2, -0.15) is 23.4 Å². The van der Waals surface area contributed by atoms with Crippen LogP contribution in [0.1, 0.15) is 25.8 Å². The molecule has 0 spiro atoms. The Morgan fingerprint density at radius 2 is 1.88 bits per heavy atom. The molecule has 32 heavy (non-hydrogen) atoms. The third kappa shape index (κ3) is 5.66. The second kappa shape index (κ2) is 9.56. The number of fused-ring (bicyclic) bond motifs is 1. The molecule has 3 rings (SSSR count). The number of aromatic nitrogens is 1. The van der Waals surface area contributed by atoms with Gasteiger partial charge in [0.2, 0.25) is 0 Å². The lowest BCUT2D eigenvalue weighted by molar-refractivity contribution is -0.137. The van der Waals surface area contributed by atoms with E-state index in [0.717, 1.165) is 12.1 Å². The summed E-state index contributed by atoms with van der Waals surface area (Å²) in [5, 5.41) is 8.51. The second-order valence-corrected chi connectivity index (χ2v) is 7.06. The Balaban J connectivity index is 1.63. The van der Waals surface area contributed by atoms with E-state index in [9.17, 15) is 18.0 Å². The van der Waals surface area contributed by atoms with Gasteiger partial charge in [0, 0.05) is 12.0 Å². The minimum Gasteiger partial charge on any atom is -0.483 e. The summed E-state index contributed by atoms with van der Waals surface area (Å²) in [4.78, 5) is 16.4. The fraction of sp³-hybridized carbons (Fsp3) is 0.261. The van der Waals surface area contributed by atoms with Crippen LogP contribution in [0, 0.1) is 17.2 Å². The van der Waals surface area contributed by atoms with Crippen LogP contribution in [0.5, 0.6) is 17.6 Å². The lowest BCUT2D eigenvalue weighted by Gasteiger charge is -2.17. The minimum atomic E-state index is -4.48. The highest BCUT2D eigenvalue weighted by Crippen LogP contribution is 2.33. The smallest absolute Gasteiger partial charge is 0.416 e. The first-order valence-electron chi connectivity index (χ1n) is 9.68. The average molecular weight is 444 g/mol. The molecule has 1 heterocycles. The summed E-state index contributed by atoms with van der Waals surface area (Å²) in [6.07, 6.45) is -1.95. The third-order valence-electron chi connectivity index (χ3n) is 4.61. The summed E-state index contributed by atoms with van der Waals surface area (Å²) in [6.45, 7) is 3.41. The van der Waals surface area contributed by atoms with Crippen molar-refractivity contribution < 1.29 is 31.9 Å². The van der Waals surface area contributed by atoms with Gasteiger partial charge >= 0.3 is 12.3 Å². The quantitative estimate of drug-likeness (QED) is 0.391. The zero-order valence-electron chi connectivity index (χ0n) is 17.2. The molecule has 2 atom stereocenters. The number of halogens is 3. The molecule has 0 amide bonds. The van der Waals surface area contributed by atoms with Crippen molar-refractivity contribution in [1.29, 1.82) is 5.26 Å². The molecule has 0 aliphatic carbocycles. The molecule has 9 heteroatoms. The molecule has 0 saturated heterocycles. The van der Waals surface area contributed by atoms with Crippen LogP contribution >= 0.6 is 0 Å². The topological polar surface area (TPSA) is 85.4 Å². The Bertz CT molecular complexity index is 1160. The van der Waals surface area contributed by atoms with Gasteiger partial charge in [0.15, 0.2) is 17.5 Å². The van der Waals surface area contributed by atoms with E-state index >= 15 is 0 Å². The maximum Gasteiger partial charge on any atom is 0.416 e. The van der Waals surface area contributed by atoms with Crippen molar-refractivity contribution in [3.8, 4) is 23.6 Å². The van der Waals surface area contributed by atoms with Gasteiger partial charge in [-0.05, 0) is 55.8 Å². The molecule has 0 aliphatic rings. The summed E-state index contributed by atoms with van der Waals surface area (Å²) in [5.41, 5.74) is -0.645. The number of benzene rings is 2. The number of nitrogens with zero attached hydrogens (tertiary/aromatic N) is 2. The Morgan fingerprint density at radius 1 is 1.19 bits per heavy atom. The van der Waals surface area contributed by atoms with Crippen LogP contribution in [0.15, 0.2) is 59.0 Å². The van der Waals surface area contributed by atoms with E-state index in [4.69, 9.17) is 19.2 Å². The highest BCUT2D eigenvalue weighted by molar-refractivity contribution is 5.85. The number of ether oxygens (including phenoxy) is 2. The van der Waals surface area contributed by atoms with Gasteiger partial charge in [-0.25, -0.2) is 0 Å². The number of Topliss-reactive ketones (excluding diaryl/α,β-unsaturated/α-hetero) is 1. The van der Waals surface area contributed by atoms with Crippen LogP contribution < -0.4 is 9.47 Å². The van der Waals surface area contributed by atoms with E-state index in [2.05, 4.69) is 4.98 Å². The first-order chi connectivity index (χ1) is 15.2. The van der Waals surface area contributed by atoms with E-state index in [0.29, 0.717) is 17.9 Å². The Hall–Kier alpha value is -3.80. The normalized spacial score (nSPS) is 13.6. The standard InChI is InChI=1S/C23H19F3N2O4/c1-14(5-3-4-12-27)21(29)15(2)30-17-7-9-18(10-8-17)31-22-28-19-11-6-16(23(24,25)26)13-20(19)32-22/h3-4,6-11,13-15H,5H2,1-2H3. The summed E-state index contributed by atoms with van der Waals surface area (Å²) in [5.74, 6) is 0.367. The minimum absolute atomic E-state index is 0.0409. The molecule has 0 N–H and O–H groups in total.